The van der Waals surface area contributed by atoms with Crippen LogP contribution in [0.2, 0.25) is 5.02 Å². The minimum Gasteiger partial charge on any atom is -0.339 e. The van der Waals surface area contributed by atoms with Crippen molar-refractivity contribution in [1.29, 1.82) is 0 Å². The zero-order chi connectivity index (χ0) is 17.8. The van der Waals surface area contributed by atoms with Crippen LogP contribution in [0.5, 0.6) is 0 Å². The van der Waals surface area contributed by atoms with E-state index in [1.165, 1.54) is 0 Å². The Balaban J connectivity index is 1.58. The molecule has 0 unspecified atom stereocenters. The minimum absolute atomic E-state index is 0.129. The second-order valence-electron chi connectivity index (χ2n) is 5.89. The van der Waals surface area contributed by atoms with Crippen molar-refractivity contribution in [3.8, 4) is 11.4 Å². The second kappa shape index (κ2) is 7.49. The van der Waals surface area contributed by atoms with E-state index < -0.39 is 0 Å². The average Bonchev–Trinajstić information content (AvgIpc) is 3.05. The van der Waals surface area contributed by atoms with E-state index in [-0.39, 0.29) is 12.3 Å². The Morgan fingerprint density at radius 1 is 1.20 bits per heavy atom. The monoisotopic (exact) mass is 355 g/mol. The molecule has 2 aromatic carbocycles. The van der Waals surface area contributed by atoms with Crippen molar-refractivity contribution in [1.82, 2.24) is 10.1 Å². The zero-order valence-corrected chi connectivity index (χ0v) is 14.8. The zero-order valence-electron chi connectivity index (χ0n) is 14.0. The molecule has 0 aliphatic heterocycles. The molecule has 1 amide bonds. The summed E-state index contributed by atoms with van der Waals surface area (Å²) in [6.07, 6.45) is 0.630. The number of carbonyl (C=O) groups excluding carboxylic acids is 1. The molecule has 5 nitrogen and oxygen atoms in total. The predicted octanol–water partition coefficient (Wildman–Crippen LogP) is 4.58. The molecule has 0 aliphatic rings. The van der Waals surface area contributed by atoms with Gasteiger partial charge in [0.15, 0.2) is 0 Å². The maximum atomic E-state index is 12.1. The van der Waals surface area contributed by atoms with Crippen molar-refractivity contribution in [3.63, 3.8) is 0 Å². The van der Waals surface area contributed by atoms with E-state index >= 15 is 0 Å². The van der Waals surface area contributed by atoms with Crippen LogP contribution < -0.4 is 5.32 Å². The summed E-state index contributed by atoms with van der Waals surface area (Å²) < 4.78 is 5.23. The summed E-state index contributed by atoms with van der Waals surface area (Å²) in [7, 11) is 0. The predicted molar refractivity (Wildman–Crippen MR) is 97.6 cm³/mol. The van der Waals surface area contributed by atoms with Gasteiger partial charge in [0.1, 0.15) is 0 Å². The van der Waals surface area contributed by atoms with Gasteiger partial charge in [0, 0.05) is 29.1 Å². The Kier molecular flexibility index (Phi) is 5.14. The molecule has 0 saturated heterocycles. The highest BCUT2D eigenvalue weighted by Crippen LogP contribution is 2.20. The fourth-order valence-corrected chi connectivity index (χ4v) is 2.55. The smallest absolute Gasteiger partial charge is 0.227 e. The summed E-state index contributed by atoms with van der Waals surface area (Å²) in [5.74, 6) is 0.841. The number of amides is 1. The first-order valence-corrected chi connectivity index (χ1v) is 8.35. The molecule has 0 bridgehead atoms. The lowest BCUT2D eigenvalue weighted by Gasteiger charge is -2.06. The largest absolute Gasteiger partial charge is 0.339 e. The molecule has 0 spiro atoms. The number of halogens is 1. The maximum Gasteiger partial charge on any atom is 0.227 e. The summed E-state index contributed by atoms with van der Waals surface area (Å²) in [5.41, 5.74) is 3.66. The van der Waals surface area contributed by atoms with Crippen molar-refractivity contribution in [2.45, 2.75) is 26.7 Å². The van der Waals surface area contributed by atoms with Crippen molar-refractivity contribution in [2.75, 3.05) is 5.32 Å². The Hall–Kier alpha value is -2.66. The number of nitrogens with zero attached hydrogens (tertiary/aromatic N) is 2. The molecule has 6 heteroatoms. The molecular formula is C19H18ClN3O2. The lowest BCUT2D eigenvalue weighted by molar-refractivity contribution is -0.116. The summed E-state index contributed by atoms with van der Waals surface area (Å²) in [6.45, 7) is 3.92. The van der Waals surface area contributed by atoms with Crippen molar-refractivity contribution in [2.24, 2.45) is 0 Å². The van der Waals surface area contributed by atoms with Gasteiger partial charge in [0.25, 0.3) is 0 Å². The number of aryl methyl sites for hydroxylation is 3. The van der Waals surface area contributed by atoms with Crippen LogP contribution in [0.3, 0.4) is 0 Å². The van der Waals surface area contributed by atoms with Crippen LogP contribution in [0, 0.1) is 13.8 Å². The first-order valence-electron chi connectivity index (χ1n) is 7.97. The molecule has 0 aliphatic carbocycles. The van der Waals surface area contributed by atoms with E-state index in [1.54, 1.807) is 6.07 Å². The standard InChI is InChI=1S/C19H18ClN3O2/c1-12-4-3-5-14(10-12)19-22-18(25-23-19)9-8-17(24)21-15-7-6-13(2)16(20)11-15/h3-7,10-11H,8-9H2,1-2H3,(H,21,24). The van der Waals surface area contributed by atoms with Gasteiger partial charge in [0.2, 0.25) is 17.6 Å². The van der Waals surface area contributed by atoms with Crippen LogP contribution in [0.25, 0.3) is 11.4 Å². The Labute approximate surface area is 151 Å². The van der Waals surface area contributed by atoms with Gasteiger partial charge in [-0.05, 0) is 37.6 Å². The molecule has 128 valence electrons. The maximum absolute atomic E-state index is 12.1. The van der Waals surface area contributed by atoms with Crippen molar-refractivity contribution < 1.29 is 9.32 Å². The normalized spacial score (nSPS) is 10.7. The van der Waals surface area contributed by atoms with Crippen LogP contribution >= 0.6 is 11.6 Å². The van der Waals surface area contributed by atoms with E-state index in [9.17, 15) is 4.79 Å². The lowest BCUT2D eigenvalue weighted by atomic mass is 10.1. The van der Waals surface area contributed by atoms with Gasteiger partial charge in [-0.15, -0.1) is 0 Å². The third-order valence-electron chi connectivity index (χ3n) is 3.77. The van der Waals surface area contributed by atoms with Gasteiger partial charge in [-0.3, -0.25) is 4.79 Å². The minimum atomic E-state index is -0.129. The molecule has 0 saturated carbocycles. The highest BCUT2D eigenvalue weighted by molar-refractivity contribution is 6.31. The fraction of sp³-hybridized carbons (Fsp3) is 0.211. The number of hydrogen-bond acceptors (Lipinski definition) is 4. The van der Waals surface area contributed by atoms with Gasteiger partial charge < -0.3 is 9.84 Å². The van der Waals surface area contributed by atoms with E-state index in [2.05, 4.69) is 15.5 Å². The fourth-order valence-electron chi connectivity index (χ4n) is 2.37. The number of aromatic nitrogens is 2. The van der Waals surface area contributed by atoms with Gasteiger partial charge >= 0.3 is 0 Å². The Bertz CT molecular complexity index is 905. The molecule has 1 aromatic heterocycles. The first-order chi connectivity index (χ1) is 12.0. The summed E-state index contributed by atoms with van der Waals surface area (Å²) in [4.78, 5) is 16.4. The molecule has 3 rings (SSSR count). The molecular weight excluding hydrogens is 338 g/mol. The SMILES string of the molecule is Cc1cccc(-c2noc(CCC(=O)Nc3ccc(C)c(Cl)c3)n2)c1. The third-order valence-corrected chi connectivity index (χ3v) is 4.17. The molecule has 0 fully saturated rings. The van der Waals surface area contributed by atoms with E-state index in [4.69, 9.17) is 16.1 Å². The van der Waals surface area contributed by atoms with Gasteiger partial charge in [0.05, 0.1) is 0 Å². The number of rotatable bonds is 5. The summed E-state index contributed by atoms with van der Waals surface area (Å²) >= 11 is 6.06. The highest BCUT2D eigenvalue weighted by atomic mass is 35.5. The first kappa shape index (κ1) is 17.2. The van der Waals surface area contributed by atoms with E-state index in [0.717, 1.165) is 16.7 Å². The van der Waals surface area contributed by atoms with Gasteiger partial charge in [-0.2, -0.15) is 4.98 Å². The molecule has 3 aromatic rings. The van der Waals surface area contributed by atoms with Gasteiger partial charge in [-0.1, -0.05) is 46.6 Å². The number of nitrogens with one attached hydrogen (secondary N) is 1. The average molecular weight is 356 g/mol. The highest BCUT2D eigenvalue weighted by Gasteiger charge is 2.11. The van der Waals surface area contributed by atoms with Crippen LogP contribution in [-0.4, -0.2) is 16.0 Å². The molecule has 0 radical (unpaired) electrons. The summed E-state index contributed by atoms with van der Waals surface area (Å²) in [6, 6.07) is 13.3. The van der Waals surface area contributed by atoms with Crippen LogP contribution in [0.4, 0.5) is 5.69 Å². The molecule has 1 N–H and O–H groups in total. The summed E-state index contributed by atoms with van der Waals surface area (Å²) in [5, 5.41) is 7.41. The quantitative estimate of drug-likeness (QED) is 0.727. The van der Waals surface area contributed by atoms with E-state index in [0.29, 0.717) is 28.8 Å². The van der Waals surface area contributed by atoms with Crippen LogP contribution in [-0.2, 0) is 11.2 Å². The number of hydrogen-bond donors (Lipinski definition) is 1. The van der Waals surface area contributed by atoms with E-state index in [1.807, 2.05) is 50.2 Å². The van der Waals surface area contributed by atoms with Crippen LogP contribution in [0.15, 0.2) is 47.0 Å². The van der Waals surface area contributed by atoms with Crippen LogP contribution in [0.1, 0.15) is 23.4 Å². The number of benzene rings is 2. The molecule has 0 atom stereocenters. The third kappa shape index (κ3) is 4.45. The molecule has 25 heavy (non-hydrogen) atoms. The van der Waals surface area contributed by atoms with Crippen molar-refractivity contribution in [3.05, 3.63) is 64.5 Å². The lowest BCUT2D eigenvalue weighted by Crippen LogP contribution is -2.12. The van der Waals surface area contributed by atoms with Gasteiger partial charge in [-0.25, -0.2) is 0 Å². The number of anilines is 1. The Morgan fingerprint density at radius 2 is 2.04 bits per heavy atom. The topological polar surface area (TPSA) is 68.0 Å². The second-order valence-corrected chi connectivity index (χ2v) is 6.30. The number of carbonyl (C=O) groups is 1. The molecule has 1 heterocycles. The van der Waals surface area contributed by atoms with Crippen molar-refractivity contribution >= 4 is 23.2 Å². The Morgan fingerprint density at radius 3 is 2.80 bits per heavy atom.